The molecule has 0 spiro atoms. The third-order valence-electron chi connectivity index (χ3n) is 1.80. The maximum Gasteiger partial charge on any atom is 0.500 e. The van der Waals surface area contributed by atoms with Crippen LogP contribution in [0, 0.1) is 0 Å². The average Bonchev–Trinajstić information content (AvgIpc) is 2.14. The summed E-state index contributed by atoms with van der Waals surface area (Å²) in [4.78, 5) is 0. The molecular weight excluding hydrogens is 287 g/mol. The zero-order valence-corrected chi connectivity index (χ0v) is 11.1. The molecule has 0 radical (unpaired) electrons. The first kappa shape index (κ1) is 12.8. The summed E-state index contributed by atoms with van der Waals surface area (Å²) in [5.74, 6) is 0. The SMILES string of the molecule is CO[Si](CCCCI)(OC)OC. The van der Waals surface area contributed by atoms with E-state index in [1.54, 1.807) is 21.3 Å². The zero-order chi connectivity index (χ0) is 9.45. The lowest BCUT2D eigenvalue weighted by Gasteiger charge is -2.23. The van der Waals surface area contributed by atoms with Gasteiger partial charge in [0.25, 0.3) is 0 Å². The fourth-order valence-electron chi connectivity index (χ4n) is 0.992. The van der Waals surface area contributed by atoms with Crippen molar-refractivity contribution in [1.29, 1.82) is 0 Å². The second-order valence-corrected chi connectivity index (χ2v) is 6.61. The van der Waals surface area contributed by atoms with Crippen molar-refractivity contribution in [3.63, 3.8) is 0 Å². The maximum atomic E-state index is 5.27. The van der Waals surface area contributed by atoms with Crippen LogP contribution >= 0.6 is 22.6 Å². The normalized spacial score (nSPS) is 12.0. The van der Waals surface area contributed by atoms with E-state index in [4.69, 9.17) is 13.3 Å². The highest BCUT2D eigenvalue weighted by Gasteiger charge is 2.36. The quantitative estimate of drug-likeness (QED) is 0.312. The van der Waals surface area contributed by atoms with E-state index >= 15 is 0 Å². The van der Waals surface area contributed by atoms with E-state index < -0.39 is 8.80 Å². The monoisotopic (exact) mass is 304 g/mol. The topological polar surface area (TPSA) is 27.7 Å². The van der Waals surface area contributed by atoms with E-state index in [9.17, 15) is 0 Å². The van der Waals surface area contributed by atoms with E-state index in [0.29, 0.717) is 0 Å². The van der Waals surface area contributed by atoms with Crippen LogP contribution in [-0.2, 0) is 13.3 Å². The number of unbranched alkanes of at least 4 members (excludes halogenated alkanes) is 1. The van der Waals surface area contributed by atoms with Crippen molar-refractivity contribution in [2.24, 2.45) is 0 Å². The van der Waals surface area contributed by atoms with Crippen molar-refractivity contribution in [2.75, 3.05) is 25.8 Å². The Morgan fingerprint density at radius 2 is 1.50 bits per heavy atom. The van der Waals surface area contributed by atoms with Crippen LogP contribution < -0.4 is 0 Å². The van der Waals surface area contributed by atoms with Crippen LogP contribution in [0.2, 0.25) is 6.04 Å². The van der Waals surface area contributed by atoms with E-state index in [-0.39, 0.29) is 0 Å². The minimum Gasteiger partial charge on any atom is -0.377 e. The van der Waals surface area contributed by atoms with E-state index in [1.807, 2.05) is 0 Å². The van der Waals surface area contributed by atoms with Gasteiger partial charge in [0.1, 0.15) is 0 Å². The number of hydrogen-bond donors (Lipinski definition) is 0. The first-order chi connectivity index (χ1) is 5.74. The Morgan fingerprint density at radius 1 is 1.00 bits per heavy atom. The van der Waals surface area contributed by atoms with Crippen molar-refractivity contribution in [3.05, 3.63) is 0 Å². The molecule has 0 unspecified atom stereocenters. The Kier molecular flexibility index (Phi) is 7.75. The van der Waals surface area contributed by atoms with Gasteiger partial charge >= 0.3 is 8.80 Å². The average molecular weight is 304 g/mol. The third kappa shape index (κ3) is 4.17. The lowest BCUT2D eigenvalue weighted by atomic mass is 10.4. The van der Waals surface area contributed by atoms with Gasteiger partial charge in [0, 0.05) is 27.4 Å². The molecule has 0 aliphatic carbocycles. The van der Waals surface area contributed by atoms with E-state index in [1.165, 1.54) is 10.8 Å². The van der Waals surface area contributed by atoms with Crippen LogP contribution in [0.3, 0.4) is 0 Å². The molecule has 0 aromatic heterocycles. The van der Waals surface area contributed by atoms with Gasteiger partial charge in [0.05, 0.1) is 0 Å². The van der Waals surface area contributed by atoms with Crippen LogP contribution in [0.25, 0.3) is 0 Å². The highest BCUT2D eigenvalue weighted by atomic mass is 127. The van der Waals surface area contributed by atoms with Gasteiger partial charge in [-0.15, -0.1) is 0 Å². The van der Waals surface area contributed by atoms with Gasteiger partial charge < -0.3 is 13.3 Å². The lowest BCUT2D eigenvalue weighted by Crippen LogP contribution is -2.42. The first-order valence-corrected chi connectivity index (χ1v) is 7.42. The molecule has 74 valence electrons. The van der Waals surface area contributed by atoms with Crippen molar-refractivity contribution >= 4 is 31.4 Å². The molecule has 0 amide bonds. The zero-order valence-electron chi connectivity index (χ0n) is 7.93. The Bertz CT molecular complexity index is 101. The summed E-state index contributed by atoms with van der Waals surface area (Å²) in [5, 5.41) is 0. The first-order valence-electron chi connectivity index (χ1n) is 3.96. The van der Waals surface area contributed by atoms with Crippen LogP contribution in [0.1, 0.15) is 12.8 Å². The van der Waals surface area contributed by atoms with Gasteiger partial charge in [-0.25, -0.2) is 0 Å². The molecule has 3 nitrogen and oxygen atoms in total. The molecule has 0 fully saturated rings. The number of alkyl halides is 1. The van der Waals surface area contributed by atoms with Gasteiger partial charge in [-0.2, -0.15) is 0 Å². The summed E-state index contributed by atoms with van der Waals surface area (Å²) in [6.07, 6.45) is 2.32. The summed E-state index contributed by atoms with van der Waals surface area (Å²) in [7, 11) is 2.71. The van der Waals surface area contributed by atoms with Crippen molar-refractivity contribution < 1.29 is 13.3 Å². The maximum absolute atomic E-state index is 5.27. The summed E-state index contributed by atoms with van der Waals surface area (Å²) >= 11 is 2.37. The second kappa shape index (κ2) is 7.25. The molecule has 0 aliphatic rings. The Labute approximate surface area is 89.3 Å². The molecular formula is C7H17IO3Si. The van der Waals surface area contributed by atoms with Crippen LogP contribution in [0.15, 0.2) is 0 Å². The molecule has 0 N–H and O–H groups in total. The minimum absolute atomic E-state index is 0.916. The van der Waals surface area contributed by atoms with Crippen molar-refractivity contribution in [2.45, 2.75) is 18.9 Å². The third-order valence-corrected chi connectivity index (χ3v) is 5.39. The molecule has 0 aliphatic heterocycles. The summed E-state index contributed by atoms with van der Waals surface area (Å²) in [5.41, 5.74) is 0. The van der Waals surface area contributed by atoms with Crippen molar-refractivity contribution in [1.82, 2.24) is 0 Å². The largest absolute Gasteiger partial charge is 0.500 e. The van der Waals surface area contributed by atoms with Crippen LogP contribution in [-0.4, -0.2) is 34.6 Å². The molecule has 5 heteroatoms. The molecule has 0 aromatic rings. The fourth-order valence-corrected chi connectivity index (χ4v) is 3.33. The van der Waals surface area contributed by atoms with Crippen molar-refractivity contribution in [3.8, 4) is 0 Å². The van der Waals surface area contributed by atoms with Gasteiger partial charge in [-0.3, -0.25) is 0 Å². The lowest BCUT2D eigenvalue weighted by molar-refractivity contribution is 0.123. The molecule has 12 heavy (non-hydrogen) atoms. The van der Waals surface area contributed by atoms with E-state index in [2.05, 4.69) is 22.6 Å². The standard InChI is InChI=1S/C7H17IO3Si/c1-9-12(10-2,11-3)7-5-4-6-8/h4-7H2,1-3H3. The van der Waals surface area contributed by atoms with Gasteiger partial charge in [0.2, 0.25) is 0 Å². The summed E-state index contributed by atoms with van der Waals surface area (Å²) in [6, 6.07) is 0.916. The number of hydrogen-bond acceptors (Lipinski definition) is 3. The predicted octanol–water partition coefficient (Wildman–Crippen LogP) is 2.08. The molecule has 0 rings (SSSR count). The fraction of sp³-hybridized carbons (Fsp3) is 1.00. The Balaban J connectivity index is 3.76. The summed E-state index contributed by atoms with van der Waals surface area (Å²) in [6.45, 7) is 0. The predicted molar refractivity (Wildman–Crippen MR) is 59.7 cm³/mol. The molecule has 0 heterocycles. The van der Waals surface area contributed by atoms with Gasteiger partial charge in [-0.05, 0) is 17.3 Å². The molecule has 0 saturated carbocycles. The Morgan fingerprint density at radius 3 is 1.83 bits per heavy atom. The molecule has 0 saturated heterocycles. The highest BCUT2D eigenvalue weighted by molar-refractivity contribution is 14.1. The molecule has 0 bridgehead atoms. The number of rotatable bonds is 7. The minimum atomic E-state index is -2.26. The Hall–Kier alpha value is 0.827. The highest BCUT2D eigenvalue weighted by Crippen LogP contribution is 2.16. The van der Waals surface area contributed by atoms with E-state index in [0.717, 1.165) is 12.5 Å². The van der Waals surface area contributed by atoms with Gasteiger partial charge in [-0.1, -0.05) is 22.6 Å². The van der Waals surface area contributed by atoms with Crippen LogP contribution in [0.4, 0.5) is 0 Å². The number of halogens is 1. The second-order valence-electron chi connectivity index (χ2n) is 2.44. The molecule has 0 atom stereocenters. The molecule has 0 aromatic carbocycles. The summed E-state index contributed by atoms with van der Waals surface area (Å²) < 4.78 is 17.0. The van der Waals surface area contributed by atoms with Crippen LogP contribution in [0.5, 0.6) is 0 Å². The smallest absolute Gasteiger partial charge is 0.377 e. The van der Waals surface area contributed by atoms with Gasteiger partial charge in [0.15, 0.2) is 0 Å².